The Morgan fingerprint density at radius 3 is 1.68 bits per heavy atom. The number of fused-ring (bicyclic) bond motifs is 6. The minimum Gasteiger partial charge on any atom is -0.310 e. The number of hydrogen-bond acceptors (Lipinski definition) is 1. The van der Waals surface area contributed by atoms with Gasteiger partial charge in [0.05, 0.1) is 11.0 Å². The smallest absolute Gasteiger partial charge is 0.0541 e. The van der Waals surface area contributed by atoms with E-state index < -0.39 is 0 Å². The summed E-state index contributed by atoms with van der Waals surface area (Å²) in [6.45, 7) is 16.5. The zero-order chi connectivity index (χ0) is 42.8. The van der Waals surface area contributed by atoms with Gasteiger partial charge in [0, 0.05) is 38.9 Å². The molecule has 1 unspecified atom stereocenters. The van der Waals surface area contributed by atoms with Crippen LogP contribution in [0.25, 0.3) is 60.9 Å². The van der Waals surface area contributed by atoms with Crippen LogP contribution in [0.4, 0.5) is 17.1 Å². The van der Waals surface area contributed by atoms with Crippen LogP contribution < -0.4 is 4.90 Å². The van der Waals surface area contributed by atoms with Crippen molar-refractivity contribution in [3.63, 3.8) is 0 Å². The van der Waals surface area contributed by atoms with Gasteiger partial charge in [-0.15, -0.1) is 0 Å². The maximum atomic E-state index is 2.43. The fraction of sp³-hybridized carbons (Fsp3) is 0.200. The highest BCUT2D eigenvalue weighted by atomic mass is 15.1. The molecule has 1 atom stereocenters. The molecule has 2 nitrogen and oxygen atoms in total. The Morgan fingerprint density at radius 2 is 1.02 bits per heavy atom. The molecule has 62 heavy (non-hydrogen) atoms. The Labute approximate surface area is 368 Å². The minimum absolute atomic E-state index is 0.1000. The fourth-order valence-electron chi connectivity index (χ4n) is 10.2. The number of para-hydroxylation sites is 2. The van der Waals surface area contributed by atoms with Crippen molar-refractivity contribution in [2.45, 2.75) is 66.2 Å². The van der Waals surface area contributed by atoms with Crippen LogP contribution in [-0.2, 0) is 5.41 Å². The molecule has 0 fully saturated rings. The normalized spacial score (nSPS) is 13.7. The van der Waals surface area contributed by atoms with Crippen LogP contribution in [0.5, 0.6) is 0 Å². The van der Waals surface area contributed by atoms with E-state index in [1.807, 2.05) is 0 Å². The lowest BCUT2D eigenvalue weighted by Crippen LogP contribution is -2.16. The molecule has 0 bridgehead atoms. The molecule has 0 amide bonds. The minimum atomic E-state index is -0.1000. The lowest BCUT2D eigenvalue weighted by molar-refractivity contribution is 0.301. The summed E-state index contributed by atoms with van der Waals surface area (Å²) in [4.78, 5) is 2.42. The van der Waals surface area contributed by atoms with E-state index in [9.17, 15) is 0 Å². The van der Waals surface area contributed by atoms with Crippen molar-refractivity contribution in [2.75, 3.05) is 4.90 Å². The molecule has 0 N–H and O–H groups in total. The van der Waals surface area contributed by atoms with Gasteiger partial charge in [-0.05, 0) is 140 Å². The monoisotopic (exact) mass is 804 g/mol. The summed E-state index contributed by atoms with van der Waals surface area (Å²) in [7, 11) is 0. The van der Waals surface area contributed by atoms with Crippen molar-refractivity contribution in [1.82, 2.24) is 4.57 Å². The van der Waals surface area contributed by atoms with E-state index in [1.165, 1.54) is 84.0 Å². The molecule has 1 heterocycles. The molecule has 306 valence electrons. The van der Waals surface area contributed by atoms with Gasteiger partial charge in [-0.25, -0.2) is 0 Å². The van der Waals surface area contributed by atoms with Crippen LogP contribution in [-0.4, -0.2) is 4.57 Å². The Kier molecular flexibility index (Phi) is 9.79. The van der Waals surface area contributed by atoms with Gasteiger partial charge < -0.3 is 9.47 Å². The van der Waals surface area contributed by atoms with Crippen molar-refractivity contribution >= 4 is 38.9 Å². The zero-order valence-corrected chi connectivity index (χ0v) is 37.2. The predicted octanol–water partition coefficient (Wildman–Crippen LogP) is 17.1. The Hall–Kier alpha value is -6.64. The summed E-state index contributed by atoms with van der Waals surface area (Å²) < 4.78 is 2.38. The van der Waals surface area contributed by atoms with Gasteiger partial charge in [-0.1, -0.05) is 170 Å². The van der Waals surface area contributed by atoms with Crippen molar-refractivity contribution in [3.05, 3.63) is 205 Å². The van der Waals surface area contributed by atoms with Crippen LogP contribution in [0.15, 0.2) is 188 Å². The second-order valence-corrected chi connectivity index (χ2v) is 19.5. The predicted molar refractivity (Wildman–Crippen MR) is 266 cm³/mol. The summed E-state index contributed by atoms with van der Waals surface area (Å²) in [6.07, 6.45) is 1.18. The van der Waals surface area contributed by atoms with Crippen LogP contribution in [0.3, 0.4) is 0 Å². The molecule has 9 aromatic rings. The maximum Gasteiger partial charge on any atom is 0.0541 e. The fourth-order valence-corrected chi connectivity index (χ4v) is 10.2. The molecule has 0 saturated heterocycles. The second kappa shape index (κ2) is 15.4. The first-order valence-corrected chi connectivity index (χ1v) is 22.4. The number of aromatic nitrogens is 1. The van der Waals surface area contributed by atoms with E-state index in [-0.39, 0.29) is 10.8 Å². The first-order valence-electron chi connectivity index (χ1n) is 22.4. The third-order valence-corrected chi connectivity index (χ3v) is 13.4. The van der Waals surface area contributed by atoms with Gasteiger partial charge >= 0.3 is 0 Å². The van der Waals surface area contributed by atoms with Crippen LogP contribution in [0, 0.1) is 11.3 Å². The quantitative estimate of drug-likeness (QED) is 0.141. The van der Waals surface area contributed by atoms with Gasteiger partial charge in [-0.3, -0.25) is 0 Å². The molecular weight excluding hydrogens is 749 g/mol. The number of nitrogens with zero attached hydrogens (tertiary/aromatic N) is 2. The Balaban J connectivity index is 1.02. The molecule has 1 aromatic heterocycles. The van der Waals surface area contributed by atoms with Gasteiger partial charge in [-0.2, -0.15) is 0 Å². The summed E-state index contributed by atoms with van der Waals surface area (Å²) >= 11 is 0. The number of benzene rings is 8. The summed E-state index contributed by atoms with van der Waals surface area (Å²) in [5.74, 6) is 1.14. The summed E-state index contributed by atoms with van der Waals surface area (Å²) in [6, 6.07) is 69.9. The van der Waals surface area contributed by atoms with E-state index in [0.29, 0.717) is 11.8 Å². The summed E-state index contributed by atoms with van der Waals surface area (Å²) in [5.41, 5.74) is 18.9. The first-order chi connectivity index (χ1) is 29.9. The highest BCUT2D eigenvalue weighted by Crippen LogP contribution is 2.51. The van der Waals surface area contributed by atoms with E-state index in [4.69, 9.17) is 0 Å². The molecule has 0 radical (unpaired) electrons. The average Bonchev–Trinajstić information content (AvgIpc) is 3.74. The molecule has 1 aliphatic rings. The Bertz CT molecular complexity index is 3050. The van der Waals surface area contributed by atoms with E-state index in [1.54, 1.807) is 0 Å². The average molecular weight is 805 g/mol. The lowest BCUT2D eigenvalue weighted by atomic mass is 9.76. The number of rotatable bonds is 9. The van der Waals surface area contributed by atoms with Gasteiger partial charge in [0.2, 0.25) is 0 Å². The van der Waals surface area contributed by atoms with Crippen LogP contribution in [0.2, 0.25) is 0 Å². The zero-order valence-electron chi connectivity index (χ0n) is 37.2. The molecule has 0 saturated carbocycles. The maximum absolute atomic E-state index is 2.43. The highest BCUT2D eigenvalue weighted by Gasteiger charge is 2.35. The SMILES string of the molecule is CC(C)C(CC(C)(C)C)c1ccc(-c2ccc(N(c3ccc(-c4ccc5c(c4)c4ccccc4n5-c4ccccc4)cc3)c3ccc4c(c3)C(C)(C)c3ccccc3-4)cc2)cc1. The van der Waals surface area contributed by atoms with E-state index in [0.717, 1.165) is 17.1 Å². The number of anilines is 3. The third kappa shape index (κ3) is 7.02. The van der Waals surface area contributed by atoms with Crippen molar-refractivity contribution in [1.29, 1.82) is 0 Å². The lowest BCUT2D eigenvalue weighted by Gasteiger charge is -2.29. The molecule has 1 aliphatic carbocycles. The molecule has 2 heteroatoms. The van der Waals surface area contributed by atoms with Gasteiger partial charge in [0.15, 0.2) is 0 Å². The molecule has 0 aliphatic heterocycles. The standard InChI is InChI=1S/C60H56N2/c1-40(2)54(39-59(3,4)5)44-23-21-41(22-24-44)42-25-30-47(31-26-42)61(49-34-35-51-50-17-11-13-19-55(50)60(6,7)56(51)38-49)48-32-27-43(28-33-48)45-29-36-58-53(37-45)52-18-12-14-20-57(52)62(58)46-15-9-8-10-16-46/h8-38,40,54H,39H2,1-7H3. The highest BCUT2D eigenvalue weighted by molar-refractivity contribution is 6.10. The molecule has 8 aromatic carbocycles. The molecule has 0 spiro atoms. The largest absolute Gasteiger partial charge is 0.310 e. The molecular formula is C60H56N2. The topological polar surface area (TPSA) is 8.17 Å². The molecule has 10 rings (SSSR count). The second-order valence-electron chi connectivity index (χ2n) is 19.5. The third-order valence-electron chi connectivity index (χ3n) is 13.4. The first kappa shape index (κ1) is 39.5. The van der Waals surface area contributed by atoms with Crippen LogP contribution >= 0.6 is 0 Å². The Morgan fingerprint density at radius 1 is 0.484 bits per heavy atom. The van der Waals surface area contributed by atoms with Gasteiger partial charge in [0.1, 0.15) is 0 Å². The van der Waals surface area contributed by atoms with Crippen molar-refractivity contribution in [2.24, 2.45) is 11.3 Å². The van der Waals surface area contributed by atoms with Crippen molar-refractivity contribution in [3.8, 4) is 39.1 Å². The van der Waals surface area contributed by atoms with E-state index >= 15 is 0 Å². The van der Waals surface area contributed by atoms with Gasteiger partial charge in [0.25, 0.3) is 0 Å². The van der Waals surface area contributed by atoms with E-state index in [2.05, 4.69) is 246 Å². The van der Waals surface area contributed by atoms with Crippen LogP contribution in [0.1, 0.15) is 77.5 Å². The number of hydrogen-bond donors (Lipinski definition) is 0. The van der Waals surface area contributed by atoms with Crippen molar-refractivity contribution < 1.29 is 0 Å². The summed E-state index contributed by atoms with van der Waals surface area (Å²) in [5, 5.41) is 2.52.